The van der Waals surface area contributed by atoms with Gasteiger partial charge in [0.1, 0.15) is 5.69 Å². The molecule has 2 aromatic heterocycles. The molecule has 0 radical (unpaired) electrons. The Kier molecular flexibility index (Phi) is 7.81. The van der Waals surface area contributed by atoms with E-state index in [2.05, 4.69) is 63.6 Å². The van der Waals surface area contributed by atoms with Gasteiger partial charge in [0.15, 0.2) is 5.82 Å². The molecule has 0 spiro atoms. The van der Waals surface area contributed by atoms with E-state index in [-0.39, 0.29) is 23.8 Å². The van der Waals surface area contributed by atoms with Crippen molar-refractivity contribution in [3.8, 4) is 0 Å². The minimum Gasteiger partial charge on any atom is -0.371 e. The van der Waals surface area contributed by atoms with Gasteiger partial charge in [0.25, 0.3) is 5.91 Å². The van der Waals surface area contributed by atoms with Crippen molar-refractivity contribution in [2.24, 2.45) is 18.9 Å². The molecule has 1 atom stereocenters. The monoisotopic (exact) mass is 517 g/mol. The molecule has 1 unspecified atom stereocenters. The second-order valence-electron chi connectivity index (χ2n) is 11.0. The SMILES string of the molecule is CC(C)Cc1cc(C(=O)Nc2cc(C3CCCCN3C(=O)C3CCN(c4ccccc4)CC3)[nH]n2)n(C)n1. The Bertz CT molecular complexity index is 1240. The number of nitrogens with one attached hydrogen (secondary N) is 2. The minimum atomic E-state index is -0.241. The number of anilines is 2. The largest absolute Gasteiger partial charge is 0.371 e. The maximum Gasteiger partial charge on any atom is 0.275 e. The highest BCUT2D eigenvalue weighted by molar-refractivity contribution is 6.02. The molecule has 202 valence electrons. The van der Waals surface area contributed by atoms with Crippen LogP contribution in [0.1, 0.15) is 73.9 Å². The van der Waals surface area contributed by atoms with Crippen LogP contribution in [0.4, 0.5) is 11.5 Å². The first-order valence-electron chi connectivity index (χ1n) is 13.9. The van der Waals surface area contributed by atoms with Gasteiger partial charge < -0.3 is 15.1 Å². The summed E-state index contributed by atoms with van der Waals surface area (Å²) in [5.41, 5.74) is 3.51. The average molecular weight is 518 g/mol. The summed E-state index contributed by atoms with van der Waals surface area (Å²) in [6.07, 6.45) is 5.53. The zero-order chi connectivity index (χ0) is 26.6. The molecule has 2 fully saturated rings. The van der Waals surface area contributed by atoms with Crippen LogP contribution in [0, 0.1) is 11.8 Å². The van der Waals surface area contributed by atoms with E-state index in [1.54, 1.807) is 11.7 Å². The molecule has 2 aliphatic rings. The first kappa shape index (κ1) is 26.0. The highest BCUT2D eigenvalue weighted by Gasteiger charge is 2.35. The average Bonchev–Trinajstić information content (AvgIpc) is 3.54. The van der Waals surface area contributed by atoms with Gasteiger partial charge in [0.2, 0.25) is 5.91 Å². The summed E-state index contributed by atoms with van der Waals surface area (Å²) in [6, 6.07) is 14.1. The van der Waals surface area contributed by atoms with E-state index in [1.807, 2.05) is 23.1 Å². The highest BCUT2D eigenvalue weighted by atomic mass is 16.2. The number of piperidine rings is 2. The van der Waals surface area contributed by atoms with Crippen LogP contribution in [-0.4, -0.2) is 56.3 Å². The van der Waals surface area contributed by atoms with Crippen LogP contribution in [0.3, 0.4) is 0 Å². The maximum absolute atomic E-state index is 13.7. The number of nitrogens with zero attached hydrogens (tertiary/aromatic N) is 5. The van der Waals surface area contributed by atoms with Crippen LogP contribution < -0.4 is 10.2 Å². The van der Waals surface area contributed by atoms with E-state index in [0.717, 1.165) is 69.5 Å². The molecule has 2 amide bonds. The number of carbonyl (C=O) groups excluding carboxylic acids is 2. The van der Waals surface area contributed by atoms with Crippen LogP contribution in [-0.2, 0) is 18.3 Å². The van der Waals surface area contributed by atoms with Crippen LogP contribution in [0.5, 0.6) is 0 Å². The molecule has 2 N–H and O–H groups in total. The van der Waals surface area contributed by atoms with Gasteiger partial charge in [-0.3, -0.25) is 19.4 Å². The van der Waals surface area contributed by atoms with Gasteiger partial charge in [-0.1, -0.05) is 32.0 Å². The molecule has 2 aliphatic heterocycles. The van der Waals surface area contributed by atoms with E-state index >= 15 is 0 Å². The predicted octanol–water partition coefficient (Wildman–Crippen LogP) is 4.56. The fourth-order valence-electron chi connectivity index (χ4n) is 5.79. The first-order chi connectivity index (χ1) is 18.4. The standard InChI is InChI=1S/C29H39N7O2/c1-20(2)17-22-18-26(34(3)33-22)28(37)30-27-19-24(31-32-27)25-11-7-8-14-36(25)29(38)21-12-15-35(16-13-21)23-9-5-4-6-10-23/h4-6,9-10,18-21,25H,7-8,11-17H2,1-3H3,(H2,30,31,32,37). The number of likely N-dealkylation sites (tertiary alicyclic amines) is 1. The number of aryl methyl sites for hydroxylation is 1. The predicted molar refractivity (Wildman–Crippen MR) is 148 cm³/mol. The fourth-order valence-corrected chi connectivity index (χ4v) is 5.79. The number of aromatic amines is 1. The molecule has 9 heteroatoms. The Morgan fingerprint density at radius 2 is 1.82 bits per heavy atom. The minimum absolute atomic E-state index is 0.0440. The summed E-state index contributed by atoms with van der Waals surface area (Å²) in [7, 11) is 1.78. The summed E-state index contributed by atoms with van der Waals surface area (Å²) in [4.78, 5) is 31.0. The number of benzene rings is 1. The first-order valence-corrected chi connectivity index (χ1v) is 13.9. The Morgan fingerprint density at radius 3 is 2.55 bits per heavy atom. The zero-order valence-corrected chi connectivity index (χ0v) is 22.7. The summed E-state index contributed by atoms with van der Waals surface area (Å²) >= 11 is 0. The summed E-state index contributed by atoms with van der Waals surface area (Å²) in [5.74, 6) is 0.977. The summed E-state index contributed by atoms with van der Waals surface area (Å²) in [5, 5.41) is 14.8. The van der Waals surface area contributed by atoms with Crippen molar-refractivity contribution >= 4 is 23.3 Å². The molecule has 3 aromatic rings. The van der Waals surface area contributed by atoms with Crippen molar-refractivity contribution in [2.75, 3.05) is 29.9 Å². The van der Waals surface area contributed by atoms with E-state index in [1.165, 1.54) is 5.69 Å². The lowest BCUT2D eigenvalue weighted by atomic mass is 9.91. The molecule has 2 saturated heterocycles. The van der Waals surface area contributed by atoms with Crippen LogP contribution in [0.2, 0.25) is 0 Å². The normalized spacial score (nSPS) is 18.7. The number of H-pyrrole nitrogens is 1. The molecule has 0 aliphatic carbocycles. The maximum atomic E-state index is 13.7. The van der Waals surface area contributed by atoms with Crippen LogP contribution in [0.25, 0.3) is 0 Å². The molecule has 4 heterocycles. The molecule has 5 rings (SSSR count). The van der Waals surface area contributed by atoms with Gasteiger partial charge in [0.05, 0.1) is 17.4 Å². The quantitative estimate of drug-likeness (QED) is 0.479. The Morgan fingerprint density at radius 1 is 1.05 bits per heavy atom. The van der Waals surface area contributed by atoms with Gasteiger partial charge in [-0.2, -0.15) is 10.2 Å². The fraction of sp³-hybridized carbons (Fsp3) is 0.517. The van der Waals surface area contributed by atoms with Crippen molar-refractivity contribution in [3.63, 3.8) is 0 Å². The third kappa shape index (κ3) is 5.76. The Balaban J connectivity index is 1.22. The lowest BCUT2D eigenvalue weighted by Crippen LogP contribution is -2.45. The number of rotatable bonds is 7. The highest BCUT2D eigenvalue weighted by Crippen LogP contribution is 2.34. The zero-order valence-electron chi connectivity index (χ0n) is 22.7. The van der Waals surface area contributed by atoms with Gasteiger partial charge in [0, 0.05) is 44.4 Å². The molecule has 0 saturated carbocycles. The van der Waals surface area contributed by atoms with Crippen LogP contribution >= 0.6 is 0 Å². The molecule has 9 nitrogen and oxygen atoms in total. The summed E-state index contributed by atoms with van der Waals surface area (Å²) < 4.78 is 1.62. The van der Waals surface area contributed by atoms with Gasteiger partial charge >= 0.3 is 0 Å². The smallest absolute Gasteiger partial charge is 0.275 e. The Labute approximate surface area is 224 Å². The van der Waals surface area contributed by atoms with E-state index in [0.29, 0.717) is 17.4 Å². The molecule has 1 aromatic carbocycles. The number of carbonyl (C=O) groups is 2. The van der Waals surface area contributed by atoms with Crippen molar-refractivity contribution in [1.82, 2.24) is 24.9 Å². The topological polar surface area (TPSA) is 99.1 Å². The number of hydrogen-bond acceptors (Lipinski definition) is 5. The lowest BCUT2D eigenvalue weighted by Gasteiger charge is -2.40. The second-order valence-corrected chi connectivity index (χ2v) is 11.0. The second kappa shape index (κ2) is 11.4. The third-order valence-corrected chi connectivity index (χ3v) is 7.73. The van der Waals surface area contributed by atoms with Gasteiger partial charge in [-0.05, 0) is 62.6 Å². The number of hydrogen-bond donors (Lipinski definition) is 2. The van der Waals surface area contributed by atoms with Crippen molar-refractivity contribution in [1.29, 1.82) is 0 Å². The lowest BCUT2D eigenvalue weighted by molar-refractivity contribution is -0.140. The number of para-hydroxylation sites is 1. The van der Waals surface area contributed by atoms with E-state index in [4.69, 9.17) is 0 Å². The Hall–Kier alpha value is -3.62. The van der Waals surface area contributed by atoms with Crippen molar-refractivity contribution in [2.45, 2.75) is 58.4 Å². The van der Waals surface area contributed by atoms with Crippen molar-refractivity contribution < 1.29 is 9.59 Å². The molecular formula is C29H39N7O2. The number of aromatic nitrogens is 4. The van der Waals surface area contributed by atoms with E-state index in [9.17, 15) is 9.59 Å². The molecule has 38 heavy (non-hydrogen) atoms. The van der Waals surface area contributed by atoms with Gasteiger partial charge in [-0.25, -0.2) is 0 Å². The number of amides is 2. The van der Waals surface area contributed by atoms with Gasteiger partial charge in [-0.15, -0.1) is 0 Å². The summed E-state index contributed by atoms with van der Waals surface area (Å²) in [6.45, 7) is 6.81. The molecular weight excluding hydrogens is 478 g/mol. The van der Waals surface area contributed by atoms with Crippen LogP contribution in [0.15, 0.2) is 42.5 Å². The molecule has 0 bridgehead atoms. The van der Waals surface area contributed by atoms with E-state index < -0.39 is 0 Å². The van der Waals surface area contributed by atoms with Crippen molar-refractivity contribution in [3.05, 3.63) is 59.5 Å². The third-order valence-electron chi connectivity index (χ3n) is 7.73.